The van der Waals surface area contributed by atoms with Crippen LogP contribution in [0.15, 0.2) is 24.3 Å². The molecule has 182 valence electrons. The molecule has 0 bridgehead atoms. The van der Waals surface area contributed by atoms with Crippen LogP contribution in [0.25, 0.3) is 5.57 Å². The summed E-state index contributed by atoms with van der Waals surface area (Å²) in [4.78, 5) is 24.9. The van der Waals surface area contributed by atoms with Gasteiger partial charge in [-0.2, -0.15) is 5.26 Å². The highest BCUT2D eigenvalue weighted by molar-refractivity contribution is 5.96. The molecule has 0 radical (unpaired) electrons. The van der Waals surface area contributed by atoms with Crippen LogP contribution in [0.4, 0.5) is 5.82 Å². The van der Waals surface area contributed by atoms with Gasteiger partial charge in [0.25, 0.3) is 0 Å². The number of aromatic nitrogens is 2. The van der Waals surface area contributed by atoms with Gasteiger partial charge in [0.2, 0.25) is 0 Å². The molecule has 0 atom stereocenters. The van der Waals surface area contributed by atoms with Crippen LogP contribution in [-0.2, 0) is 17.6 Å². The molecule has 5 rings (SSSR count). The zero-order chi connectivity index (χ0) is 24.4. The molecule has 1 aromatic heterocycles. The maximum absolute atomic E-state index is 13.0. The number of Topliss-reactive ketones (excluding diaryl/α,β-unsaturated/α-hetero) is 1. The number of ether oxygens (including phenoxy) is 2. The Bertz CT molecular complexity index is 1190. The molecule has 8 nitrogen and oxygen atoms in total. The van der Waals surface area contributed by atoms with E-state index in [9.17, 15) is 10.1 Å². The van der Waals surface area contributed by atoms with Gasteiger partial charge in [-0.25, -0.2) is 9.97 Å². The topological polar surface area (TPSA) is 100 Å². The Hall–Kier alpha value is -3.28. The first kappa shape index (κ1) is 23.5. The third-order valence-corrected chi connectivity index (χ3v) is 7.37. The van der Waals surface area contributed by atoms with E-state index in [2.05, 4.69) is 21.3 Å². The van der Waals surface area contributed by atoms with Crippen LogP contribution >= 0.6 is 0 Å². The van der Waals surface area contributed by atoms with E-state index < -0.39 is 0 Å². The molecule has 0 amide bonds. The minimum absolute atomic E-state index is 0.168. The number of carbonyl (C=O) groups excluding carboxylic acids is 1. The summed E-state index contributed by atoms with van der Waals surface area (Å²) in [6.45, 7) is 3.80. The Morgan fingerprint density at radius 2 is 2.09 bits per heavy atom. The van der Waals surface area contributed by atoms with Gasteiger partial charge in [0.15, 0.2) is 5.78 Å². The number of benzene rings is 1. The van der Waals surface area contributed by atoms with E-state index in [1.54, 1.807) is 14.2 Å². The molecule has 8 heteroatoms. The van der Waals surface area contributed by atoms with Crippen LogP contribution in [0, 0.1) is 17.2 Å². The number of rotatable bonds is 8. The molecule has 2 aliphatic heterocycles. The Morgan fingerprint density at radius 1 is 1.29 bits per heavy atom. The highest BCUT2D eigenvalue weighted by atomic mass is 16.5. The van der Waals surface area contributed by atoms with Crippen molar-refractivity contribution in [1.29, 1.82) is 5.26 Å². The lowest BCUT2D eigenvalue weighted by Crippen LogP contribution is -2.51. The molecule has 0 spiro atoms. The molecule has 0 saturated carbocycles. The second-order valence-electron chi connectivity index (χ2n) is 9.50. The number of hydrogen-bond acceptors (Lipinski definition) is 8. The molecule has 0 unspecified atom stereocenters. The summed E-state index contributed by atoms with van der Waals surface area (Å²) >= 11 is 0. The lowest BCUT2D eigenvalue weighted by atomic mass is 9.89. The fourth-order valence-corrected chi connectivity index (χ4v) is 5.22. The number of nitrogens with zero attached hydrogens (tertiary/aromatic N) is 4. The number of nitriles is 1. The molecular weight excluding hydrogens is 442 g/mol. The number of anilines is 1. The van der Waals surface area contributed by atoms with Gasteiger partial charge in [-0.1, -0.05) is 18.2 Å². The lowest BCUT2D eigenvalue weighted by Gasteiger charge is -2.41. The number of carbonyl (C=O) groups is 1. The van der Waals surface area contributed by atoms with Gasteiger partial charge in [0.1, 0.15) is 17.4 Å². The quantitative estimate of drug-likeness (QED) is 0.583. The van der Waals surface area contributed by atoms with Crippen LogP contribution in [0.5, 0.6) is 5.75 Å². The number of piperidine rings is 1. The molecule has 1 aromatic carbocycles. The zero-order valence-corrected chi connectivity index (χ0v) is 20.3. The molecule has 2 saturated heterocycles. The molecule has 1 aliphatic carbocycles. The second kappa shape index (κ2) is 10.1. The Morgan fingerprint density at radius 3 is 2.74 bits per heavy atom. The molecule has 2 fully saturated rings. The summed E-state index contributed by atoms with van der Waals surface area (Å²) in [5.41, 5.74) is 3.87. The smallest absolute Gasteiger partial charge is 0.163 e. The maximum atomic E-state index is 13.0. The predicted octanol–water partition coefficient (Wildman–Crippen LogP) is 3.26. The van der Waals surface area contributed by atoms with Crippen molar-refractivity contribution in [1.82, 2.24) is 14.9 Å². The summed E-state index contributed by atoms with van der Waals surface area (Å²) < 4.78 is 11.0. The molecule has 3 aliphatic rings. The number of nitrogens with one attached hydrogen (secondary N) is 1. The monoisotopic (exact) mass is 473 g/mol. The van der Waals surface area contributed by atoms with Crippen LogP contribution in [0.1, 0.15) is 52.3 Å². The fourth-order valence-electron chi connectivity index (χ4n) is 5.22. The average Bonchev–Trinajstić information content (AvgIpc) is 3.27. The van der Waals surface area contributed by atoms with Gasteiger partial charge in [0, 0.05) is 37.4 Å². The van der Waals surface area contributed by atoms with Crippen molar-refractivity contribution in [2.24, 2.45) is 5.92 Å². The van der Waals surface area contributed by atoms with Gasteiger partial charge in [-0.3, -0.25) is 9.69 Å². The summed E-state index contributed by atoms with van der Waals surface area (Å²) in [5.74, 6) is 2.58. The average molecular weight is 474 g/mol. The van der Waals surface area contributed by atoms with Crippen LogP contribution in [-0.4, -0.2) is 67.2 Å². The Kier molecular flexibility index (Phi) is 6.80. The minimum Gasteiger partial charge on any atom is -0.496 e. The normalized spacial score (nSPS) is 18.4. The largest absolute Gasteiger partial charge is 0.496 e. The van der Waals surface area contributed by atoms with Crippen molar-refractivity contribution in [3.63, 3.8) is 0 Å². The van der Waals surface area contributed by atoms with Crippen molar-refractivity contribution < 1.29 is 14.3 Å². The third-order valence-electron chi connectivity index (χ3n) is 7.37. The van der Waals surface area contributed by atoms with E-state index in [0.717, 1.165) is 56.0 Å². The minimum atomic E-state index is 0.168. The van der Waals surface area contributed by atoms with E-state index in [1.165, 1.54) is 0 Å². The Labute approximate surface area is 206 Å². The zero-order valence-electron chi connectivity index (χ0n) is 20.3. The first-order valence-electron chi connectivity index (χ1n) is 12.3. The lowest BCUT2D eigenvalue weighted by molar-refractivity contribution is -0.0737. The first-order valence-corrected chi connectivity index (χ1v) is 12.3. The summed E-state index contributed by atoms with van der Waals surface area (Å²) in [5, 5.41) is 12.5. The van der Waals surface area contributed by atoms with E-state index in [-0.39, 0.29) is 5.78 Å². The van der Waals surface area contributed by atoms with Gasteiger partial charge in [0.05, 0.1) is 49.3 Å². The van der Waals surface area contributed by atoms with Crippen LogP contribution in [0.3, 0.4) is 0 Å². The van der Waals surface area contributed by atoms with Gasteiger partial charge in [-0.05, 0) is 37.9 Å². The summed E-state index contributed by atoms with van der Waals surface area (Å²) in [6, 6.07) is 8.48. The number of likely N-dealkylation sites (tertiary alicyclic amines) is 1. The molecule has 1 N–H and O–H groups in total. The predicted molar refractivity (Wildman–Crippen MR) is 133 cm³/mol. The molecular formula is C27H31N5O3. The second-order valence-corrected chi connectivity index (χ2v) is 9.50. The van der Waals surface area contributed by atoms with E-state index in [0.29, 0.717) is 59.8 Å². The van der Waals surface area contributed by atoms with Gasteiger partial charge in [-0.15, -0.1) is 0 Å². The van der Waals surface area contributed by atoms with E-state index in [1.807, 2.05) is 24.3 Å². The fraction of sp³-hybridized carbons (Fsp3) is 0.481. The molecule has 2 aromatic rings. The number of methoxy groups -OCH3 is 1. The maximum Gasteiger partial charge on any atom is 0.163 e. The first-order chi connectivity index (χ1) is 17.1. The number of ketones is 1. The van der Waals surface area contributed by atoms with Crippen LogP contribution in [0.2, 0.25) is 0 Å². The number of fused-ring (bicyclic) bond motifs is 1. The highest BCUT2D eigenvalue weighted by Crippen LogP contribution is 2.32. The summed E-state index contributed by atoms with van der Waals surface area (Å²) in [6.07, 6.45) is 5.68. The van der Waals surface area contributed by atoms with Crippen molar-refractivity contribution in [3.8, 4) is 11.8 Å². The number of allylic oxidation sites excluding steroid dienone is 2. The number of hydrogen-bond donors (Lipinski definition) is 1. The van der Waals surface area contributed by atoms with Crippen molar-refractivity contribution in [3.05, 3.63) is 52.5 Å². The van der Waals surface area contributed by atoms with E-state index in [4.69, 9.17) is 14.5 Å². The van der Waals surface area contributed by atoms with Crippen molar-refractivity contribution in [2.75, 3.05) is 45.8 Å². The highest BCUT2D eigenvalue weighted by Gasteiger charge is 2.30. The van der Waals surface area contributed by atoms with Gasteiger partial charge < -0.3 is 14.8 Å². The van der Waals surface area contributed by atoms with Gasteiger partial charge >= 0.3 is 0 Å². The van der Waals surface area contributed by atoms with Crippen molar-refractivity contribution >= 4 is 17.2 Å². The standard InChI is InChI=1S/C27H31N5O3/c1-29-27-26-20(14-28)5-6-22(26)30-25(31-27)13-19-4-3-18(12-24(19)34-2)23(33)11-17-7-9-32(10-8-17)21-15-35-16-21/h3-5,12,17,21H,6-11,13,15-16H2,1-2H3,(H,29,30,31). The Balaban J connectivity index is 1.26. The summed E-state index contributed by atoms with van der Waals surface area (Å²) in [7, 11) is 3.42. The van der Waals surface area contributed by atoms with Crippen LogP contribution < -0.4 is 10.1 Å². The molecule has 3 heterocycles. The molecule has 35 heavy (non-hydrogen) atoms. The van der Waals surface area contributed by atoms with E-state index >= 15 is 0 Å². The SMILES string of the molecule is CNc1nc(Cc2ccc(C(=O)CC3CCN(C4COC4)CC3)cc2OC)nc2c1C(C#N)=CC2. The third kappa shape index (κ3) is 4.79. The van der Waals surface area contributed by atoms with Crippen molar-refractivity contribution in [2.45, 2.75) is 38.1 Å².